The van der Waals surface area contributed by atoms with Gasteiger partial charge >= 0.3 is 0 Å². The molecule has 0 radical (unpaired) electrons. The quantitative estimate of drug-likeness (QED) is 0.521. The first-order chi connectivity index (χ1) is 12.6. The van der Waals surface area contributed by atoms with Gasteiger partial charge in [-0.05, 0) is 55.8 Å². The van der Waals surface area contributed by atoms with Crippen molar-refractivity contribution in [2.45, 2.75) is 13.8 Å². The highest BCUT2D eigenvalue weighted by atomic mass is 79.9. The Morgan fingerprint density at radius 2 is 1.88 bits per heavy atom. The molecule has 0 aliphatic heterocycles. The second-order valence-corrected chi connectivity index (χ2v) is 6.12. The molecule has 0 fully saturated rings. The van der Waals surface area contributed by atoms with E-state index in [1.54, 1.807) is 36.4 Å². The van der Waals surface area contributed by atoms with Crippen molar-refractivity contribution in [1.82, 2.24) is 0 Å². The van der Waals surface area contributed by atoms with Crippen molar-refractivity contribution in [1.29, 1.82) is 5.26 Å². The Hall–Kier alpha value is -2.78. The van der Waals surface area contributed by atoms with E-state index in [1.807, 2.05) is 26.0 Å². The molecule has 1 N–H and O–H groups in total. The molecule has 2 aromatic carbocycles. The Balaban J connectivity index is 2.25. The summed E-state index contributed by atoms with van der Waals surface area (Å²) in [6.07, 6.45) is 1.52. The molecule has 0 bridgehead atoms. The molecule has 1 amide bonds. The molecular weight excluding hydrogens is 396 g/mol. The molecule has 0 saturated carbocycles. The van der Waals surface area contributed by atoms with E-state index in [9.17, 15) is 10.1 Å². The van der Waals surface area contributed by atoms with Gasteiger partial charge in [-0.3, -0.25) is 4.79 Å². The van der Waals surface area contributed by atoms with Gasteiger partial charge in [0, 0.05) is 10.2 Å². The highest BCUT2D eigenvalue weighted by Crippen LogP contribution is 2.29. The Bertz CT molecular complexity index is 856. The first kappa shape index (κ1) is 19.5. The second kappa shape index (κ2) is 9.64. The Morgan fingerprint density at radius 3 is 2.54 bits per heavy atom. The minimum absolute atomic E-state index is 0.00316. The summed E-state index contributed by atoms with van der Waals surface area (Å²) in [7, 11) is 0. The number of ether oxygens (including phenoxy) is 2. The summed E-state index contributed by atoms with van der Waals surface area (Å²) in [6.45, 7) is 4.78. The minimum atomic E-state index is -0.475. The minimum Gasteiger partial charge on any atom is -0.490 e. The molecule has 26 heavy (non-hydrogen) atoms. The summed E-state index contributed by atoms with van der Waals surface area (Å²) in [5, 5.41) is 12.1. The number of anilines is 1. The molecule has 0 aromatic heterocycles. The van der Waals surface area contributed by atoms with Crippen LogP contribution in [0.25, 0.3) is 6.08 Å². The van der Waals surface area contributed by atoms with Crippen molar-refractivity contribution in [3.63, 3.8) is 0 Å². The number of benzene rings is 2. The van der Waals surface area contributed by atoms with Crippen molar-refractivity contribution < 1.29 is 14.3 Å². The van der Waals surface area contributed by atoms with Gasteiger partial charge in [-0.25, -0.2) is 0 Å². The number of nitrogens with zero attached hydrogens (tertiary/aromatic N) is 1. The number of hydrogen-bond donors (Lipinski definition) is 1. The van der Waals surface area contributed by atoms with Crippen LogP contribution in [0.15, 0.2) is 52.5 Å². The zero-order valence-corrected chi connectivity index (χ0v) is 16.2. The summed E-state index contributed by atoms with van der Waals surface area (Å²) in [4.78, 5) is 12.4. The van der Waals surface area contributed by atoms with Crippen molar-refractivity contribution in [2.75, 3.05) is 18.5 Å². The first-order valence-electron chi connectivity index (χ1n) is 8.15. The second-order valence-electron chi connectivity index (χ2n) is 5.21. The number of nitriles is 1. The molecule has 134 valence electrons. The molecule has 0 saturated heterocycles. The average molecular weight is 415 g/mol. The average Bonchev–Trinajstić information content (AvgIpc) is 2.62. The third-order valence-corrected chi connectivity index (χ3v) is 3.82. The SMILES string of the molecule is CCOc1ccc(/C=C(\C#N)C(=O)Nc2cccc(Br)c2)cc1OCC. The van der Waals surface area contributed by atoms with Crippen LogP contribution in [0.4, 0.5) is 5.69 Å². The Labute approximate surface area is 161 Å². The van der Waals surface area contributed by atoms with Crippen LogP contribution in [0.3, 0.4) is 0 Å². The van der Waals surface area contributed by atoms with Crippen molar-refractivity contribution in [3.8, 4) is 17.6 Å². The predicted molar refractivity (Wildman–Crippen MR) is 105 cm³/mol. The van der Waals surface area contributed by atoms with E-state index >= 15 is 0 Å². The van der Waals surface area contributed by atoms with Crippen LogP contribution >= 0.6 is 15.9 Å². The summed E-state index contributed by atoms with van der Waals surface area (Å²) in [5.41, 5.74) is 1.28. The van der Waals surface area contributed by atoms with Crippen LogP contribution in [0.2, 0.25) is 0 Å². The highest BCUT2D eigenvalue weighted by molar-refractivity contribution is 9.10. The van der Waals surface area contributed by atoms with Crippen LogP contribution in [0.1, 0.15) is 19.4 Å². The van der Waals surface area contributed by atoms with Gasteiger partial charge in [0.05, 0.1) is 13.2 Å². The zero-order chi connectivity index (χ0) is 18.9. The highest BCUT2D eigenvalue weighted by Gasteiger charge is 2.11. The van der Waals surface area contributed by atoms with Gasteiger partial charge in [0.15, 0.2) is 11.5 Å². The maximum Gasteiger partial charge on any atom is 0.266 e. The zero-order valence-electron chi connectivity index (χ0n) is 14.6. The smallest absolute Gasteiger partial charge is 0.266 e. The van der Waals surface area contributed by atoms with Crippen molar-refractivity contribution >= 4 is 33.6 Å². The molecule has 0 aliphatic carbocycles. The number of rotatable bonds is 7. The monoisotopic (exact) mass is 414 g/mol. The maximum absolute atomic E-state index is 12.4. The van der Waals surface area contributed by atoms with E-state index in [4.69, 9.17) is 9.47 Å². The van der Waals surface area contributed by atoms with Crippen LogP contribution in [0.5, 0.6) is 11.5 Å². The fourth-order valence-corrected chi connectivity index (χ4v) is 2.64. The molecule has 0 spiro atoms. The Kier molecular flexibility index (Phi) is 7.24. The molecule has 0 unspecified atom stereocenters. The molecular formula is C20H19BrN2O3. The number of carbonyl (C=O) groups excluding carboxylic acids is 1. The van der Waals surface area contributed by atoms with Crippen LogP contribution in [-0.4, -0.2) is 19.1 Å². The molecule has 2 rings (SSSR count). The van der Waals surface area contributed by atoms with Gasteiger partial charge in [0.2, 0.25) is 0 Å². The summed E-state index contributed by atoms with van der Waals surface area (Å²) < 4.78 is 11.9. The number of nitrogens with one attached hydrogen (secondary N) is 1. The normalized spacial score (nSPS) is 10.8. The lowest BCUT2D eigenvalue weighted by molar-refractivity contribution is -0.112. The summed E-state index contributed by atoms with van der Waals surface area (Å²) in [6, 6.07) is 14.4. The first-order valence-corrected chi connectivity index (χ1v) is 8.95. The number of hydrogen-bond acceptors (Lipinski definition) is 4. The molecule has 2 aromatic rings. The van der Waals surface area contributed by atoms with E-state index in [0.29, 0.717) is 36.0 Å². The topological polar surface area (TPSA) is 71.3 Å². The van der Waals surface area contributed by atoms with E-state index in [1.165, 1.54) is 6.08 Å². The number of carbonyl (C=O) groups is 1. The molecule has 0 aliphatic rings. The fourth-order valence-electron chi connectivity index (χ4n) is 2.24. The van der Waals surface area contributed by atoms with Gasteiger partial charge < -0.3 is 14.8 Å². The van der Waals surface area contributed by atoms with E-state index in [2.05, 4.69) is 21.2 Å². The largest absolute Gasteiger partial charge is 0.490 e. The predicted octanol–water partition coefficient (Wildman–Crippen LogP) is 4.79. The van der Waals surface area contributed by atoms with Gasteiger partial charge in [0.25, 0.3) is 5.91 Å². The van der Waals surface area contributed by atoms with Crippen LogP contribution in [0, 0.1) is 11.3 Å². The number of halogens is 1. The lowest BCUT2D eigenvalue weighted by Crippen LogP contribution is -2.13. The number of amides is 1. The Morgan fingerprint density at radius 1 is 1.15 bits per heavy atom. The third-order valence-electron chi connectivity index (χ3n) is 3.33. The van der Waals surface area contributed by atoms with Crippen molar-refractivity contribution in [2.24, 2.45) is 0 Å². The molecule has 6 heteroatoms. The van der Waals surface area contributed by atoms with E-state index < -0.39 is 5.91 Å². The van der Waals surface area contributed by atoms with Crippen molar-refractivity contribution in [3.05, 3.63) is 58.1 Å². The summed E-state index contributed by atoms with van der Waals surface area (Å²) >= 11 is 3.35. The van der Waals surface area contributed by atoms with Gasteiger partial charge in [-0.15, -0.1) is 0 Å². The molecule has 5 nitrogen and oxygen atoms in total. The van der Waals surface area contributed by atoms with Crippen LogP contribution in [-0.2, 0) is 4.79 Å². The maximum atomic E-state index is 12.4. The third kappa shape index (κ3) is 5.36. The van der Waals surface area contributed by atoms with E-state index in [-0.39, 0.29) is 5.57 Å². The summed E-state index contributed by atoms with van der Waals surface area (Å²) in [5.74, 6) is 0.730. The fraction of sp³-hybridized carbons (Fsp3) is 0.200. The van der Waals surface area contributed by atoms with Gasteiger partial charge in [-0.1, -0.05) is 28.1 Å². The van der Waals surface area contributed by atoms with Crippen LogP contribution < -0.4 is 14.8 Å². The van der Waals surface area contributed by atoms with Gasteiger partial charge in [-0.2, -0.15) is 5.26 Å². The lowest BCUT2D eigenvalue weighted by atomic mass is 10.1. The molecule has 0 atom stereocenters. The lowest BCUT2D eigenvalue weighted by Gasteiger charge is -2.11. The van der Waals surface area contributed by atoms with E-state index in [0.717, 1.165) is 4.47 Å². The van der Waals surface area contributed by atoms with Gasteiger partial charge in [0.1, 0.15) is 11.6 Å². The molecule has 0 heterocycles. The standard InChI is InChI=1S/C20H19BrN2O3/c1-3-25-18-9-8-14(11-19(18)26-4-2)10-15(13-22)20(24)23-17-7-5-6-16(21)12-17/h5-12H,3-4H2,1-2H3,(H,23,24)/b15-10+.